The van der Waals surface area contributed by atoms with E-state index in [0.717, 1.165) is 15.1 Å². The number of piperidine rings is 1. The van der Waals surface area contributed by atoms with Crippen LogP contribution in [0.1, 0.15) is 12.0 Å². The Kier molecular flexibility index (Phi) is 9.24. The number of urea groups is 1. The molecule has 0 bridgehead atoms. The highest BCUT2D eigenvalue weighted by molar-refractivity contribution is 7.98. The highest BCUT2D eigenvalue weighted by Crippen LogP contribution is 2.31. The van der Waals surface area contributed by atoms with Gasteiger partial charge in [-0.25, -0.2) is 13.6 Å². The zero-order chi connectivity index (χ0) is 29.8. The summed E-state index contributed by atoms with van der Waals surface area (Å²) in [4.78, 5) is 15.3. The van der Waals surface area contributed by atoms with Crippen LogP contribution in [0.15, 0.2) is 47.5 Å². The molecule has 1 atom stereocenters. The number of halogens is 5. The van der Waals surface area contributed by atoms with Gasteiger partial charge in [0.25, 0.3) is 5.92 Å². The van der Waals surface area contributed by atoms with Crippen molar-refractivity contribution in [3.8, 4) is 17.6 Å². The van der Waals surface area contributed by atoms with Crippen LogP contribution in [-0.2, 0) is 6.54 Å². The second kappa shape index (κ2) is 12.5. The molecular weight excluding hydrogens is 565 g/mol. The van der Waals surface area contributed by atoms with Crippen LogP contribution in [0.5, 0.6) is 5.75 Å². The fourth-order valence-corrected chi connectivity index (χ4v) is 5.07. The molecule has 1 aliphatic heterocycles. The lowest BCUT2D eigenvalue weighted by Gasteiger charge is -2.36. The zero-order valence-corrected chi connectivity index (χ0v) is 23.5. The topological polar surface area (TPSA) is 70.6 Å². The summed E-state index contributed by atoms with van der Waals surface area (Å²) in [6.45, 7) is -1.15. The Labute approximate surface area is 238 Å². The number of rotatable bonds is 7. The molecule has 41 heavy (non-hydrogen) atoms. The summed E-state index contributed by atoms with van der Waals surface area (Å²) >= 11 is 1.57. The minimum absolute atomic E-state index is 0.0532. The van der Waals surface area contributed by atoms with E-state index in [-0.39, 0.29) is 24.2 Å². The molecule has 0 radical (unpaired) electrons. The molecule has 2 aromatic carbocycles. The third-order valence-electron chi connectivity index (χ3n) is 6.59. The van der Waals surface area contributed by atoms with Gasteiger partial charge in [-0.2, -0.15) is 13.2 Å². The first-order valence-corrected chi connectivity index (χ1v) is 13.9. The van der Waals surface area contributed by atoms with Crippen LogP contribution in [0.3, 0.4) is 0 Å². The number of fused-ring (bicyclic) bond motifs is 1. The third-order valence-corrected chi connectivity index (χ3v) is 7.32. The highest BCUT2D eigenvalue weighted by atomic mass is 32.2. The number of alkyl halides is 5. The van der Waals surface area contributed by atoms with Crippen LogP contribution < -0.4 is 20.7 Å². The fourth-order valence-electron chi connectivity index (χ4n) is 4.64. The van der Waals surface area contributed by atoms with Gasteiger partial charge in [-0.1, -0.05) is 11.8 Å². The average Bonchev–Trinajstić information content (AvgIpc) is 3.29. The molecule has 1 aromatic heterocycles. The number of nitrogens with zero attached hydrogens (tertiary/aromatic N) is 2. The van der Waals surface area contributed by atoms with Crippen LogP contribution in [0.4, 0.5) is 38.1 Å². The molecule has 0 saturated carbocycles. The Bertz CT molecular complexity index is 1460. The summed E-state index contributed by atoms with van der Waals surface area (Å²) < 4.78 is 75.0. The number of aromatic nitrogens is 1. The number of carbonyl (C=O) groups is 1. The Morgan fingerprint density at radius 2 is 1.98 bits per heavy atom. The number of likely N-dealkylation sites (tertiary alicyclic amines) is 1. The van der Waals surface area contributed by atoms with Crippen molar-refractivity contribution in [1.82, 2.24) is 14.8 Å². The molecule has 1 fully saturated rings. The van der Waals surface area contributed by atoms with Gasteiger partial charge in [0.15, 0.2) is 0 Å². The van der Waals surface area contributed by atoms with E-state index in [9.17, 15) is 26.7 Å². The van der Waals surface area contributed by atoms with E-state index in [0.29, 0.717) is 23.2 Å². The van der Waals surface area contributed by atoms with Crippen molar-refractivity contribution in [3.63, 3.8) is 0 Å². The first-order valence-electron chi connectivity index (χ1n) is 12.7. The largest absolute Gasteiger partial charge is 0.495 e. The predicted molar refractivity (Wildman–Crippen MR) is 151 cm³/mol. The van der Waals surface area contributed by atoms with Crippen LogP contribution >= 0.6 is 11.8 Å². The van der Waals surface area contributed by atoms with E-state index in [1.54, 1.807) is 25.9 Å². The van der Waals surface area contributed by atoms with Gasteiger partial charge >= 0.3 is 12.2 Å². The van der Waals surface area contributed by atoms with Crippen molar-refractivity contribution < 1.29 is 31.5 Å². The van der Waals surface area contributed by atoms with Crippen LogP contribution in [0.25, 0.3) is 10.9 Å². The van der Waals surface area contributed by atoms with Crippen molar-refractivity contribution in [1.29, 1.82) is 0 Å². The summed E-state index contributed by atoms with van der Waals surface area (Å²) in [6, 6.07) is 7.85. The van der Waals surface area contributed by atoms with E-state index < -0.39 is 37.3 Å². The van der Waals surface area contributed by atoms with Crippen LogP contribution in [-0.4, -0.2) is 73.7 Å². The van der Waals surface area contributed by atoms with Crippen LogP contribution in [0, 0.1) is 11.8 Å². The van der Waals surface area contributed by atoms with Gasteiger partial charge in [-0.15, -0.1) is 11.8 Å². The number of benzene rings is 2. The molecule has 220 valence electrons. The molecule has 3 aromatic rings. The normalized spacial score (nSPS) is 17.0. The molecule has 1 aliphatic rings. The Balaban J connectivity index is 1.57. The number of hydrogen-bond acceptors (Lipinski definition) is 5. The highest BCUT2D eigenvalue weighted by Gasteiger charge is 2.44. The standard InChI is InChI=1S/C28H30F5N5O2S/c1-37-11-9-25(27(29,30)16-37)36-26(39)35-22-13-18(14-23-20(22)8-12-38(23)17-28(31,32)33)5-4-10-34-21-7-6-19(41-3)15-24(21)40-2/h6-8,12-15,25,34H,9-11,16-17H2,1-3H3,(H2,35,36,39). The number of carbonyl (C=O) groups excluding carboxylic acids is 1. The van der Waals surface area contributed by atoms with Crippen LogP contribution in [0.2, 0.25) is 0 Å². The Morgan fingerprint density at radius 3 is 2.66 bits per heavy atom. The second-order valence-corrected chi connectivity index (χ2v) is 10.6. The molecule has 3 N–H and O–H groups in total. The predicted octanol–water partition coefficient (Wildman–Crippen LogP) is 5.86. The van der Waals surface area contributed by atoms with E-state index in [1.165, 1.54) is 29.3 Å². The molecule has 1 saturated heterocycles. The smallest absolute Gasteiger partial charge is 0.406 e. The summed E-state index contributed by atoms with van der Waals surface area (Å²) in [5, 5.41) is 8.34. The third kappa shape index (κ3) is 7.77. The first-order chi connectivity index (χ1) is 19.4. The first kappa shape index (κ1) is 30.3. The number of thioether (sulfide) groups is 1. The number of anilines is 2. The molecule has 4 rings (SSSR count). The lowest BCUT2D eigenvalue weighted by atomic mass is 10.0. The van der Waals surface area contributed by atoms with Gasteiger partial charge in [0.2, 0.25) is 0 Å². The van der Waals surface area contributed by atoms with Gasteiger partial charge < -0.3 is 30.2 Å². The minimum atomic E-state index is -4.48. The molecule has 2 heterocycles. The number of nitrogens with one attached hydrogen (secondary N) is 3. The maximum Gasteiger partial charge on any atom is 0.406 e. The van der Waals surface area contributed by atoms with E-state index in [1.807, 2.05) is 24.5 Å². The minimum Gasteiger partial charge on any atom is -0.495 e. The average molecular weight is 596 g/mol. The monoisotopic (exact) mass is 595 g/mol. The summed E-state index contributed by atoms with van der Waals surface area (Å²) in [6.07, 6.45) is -1.22. The lowest BCUT2D eigenvalue weighted by molar-refractivity contribution is -0.139. The maximum absolute atomic E-state index is 14.5. The summed E-state index contributed by atoms with van der Waals surface area (Å²) in [5.74, 6) is 3.35. The molecule has 0 spiro atoms. The number of methoxy groups -OCH3 is 1. The van der Waals surface area contributed by atoms with Gasteiger partial charge in [0.1, 0.15) is 12.3 Å². The van der Waals surface area contributed by atoms with Crippen molar-refractivity contribution >= 4 is 40.1 Å². The van der Waals surface area contributed by atoms with Gasteiger partial charge in [0, 0.05) is 28.6 Å². The molecule has 13 heteroatoms. The number of hydrogen-bond donors (Lipinski definition) is 3. The van der Waals surface area contributed by atoms with Gasteiger partial charge in [-0.3, -0.25) is 0 Å². The molecular formula is C28H30F5N5O2S. The van der Waals surface area contributed by atoms with Crippen molar-refractivity contribution in [3.05, 3.63) is 48.2 Å². The maximum atomic E-state index is 14.5. The van der Waals surface area contributed by atoms with E-state index in [2.05, 4.69) is 27.8 Å². The fraction of sp³-hybridized carbons (Fsp3) is 0.393. The van der Waals surface area contributed by atoms with E-state index >= 15 is 0 Å². The molecule has 0 aliphatic carbocycles. The van der Waals surface area contributed by atoms with Gasteiger partial charge in [0.05, 0.1) is 43.1 Å². The zero-order valence-electron chi connectivity index (χ0n) is 22.7. The number of ether oxygens (including phenoxy) is 1. The summed E-state index contributed by atoms with van der Waals surface area (Å²) in [7, 11) is 3.13. The molecule has 2 amide bonds. The summed E-state index contributed by atoms with van der Waals surface area (Å²) in [5.41, 5.74) is 1.41. The van der Waals surface area contributed by atoms with Crippen molar-refractivity contribution in [2.45, 2.75) is 36.0 Å². The lowest BCUT2D eigenvalue weighted by Crippen LogP contribution is -2.58. The van der Waals surface area contributed by atoms with Crippen molar-refractivity contribution in [2.24, 2.45) is 0 Å². The Hall–Kier alpha value is -3.63. The SMILES string of the molecule is COc1cc(SC)ccc1NCC#Cc1cc(NC(=O)NC2CCN(C)CC2(F)F)c2ccn(CC(F)(F)F)c2c1. The Morgan fingerprint density at radius 1 is 1.20 bits per heavy atom. The quantitative estimate of drug-likeness (QED) is 0.182. The van der Waals surface area contributed by atoms with Gasteiger partial charge in [-0.05, 0) is 56.1 Å². The van der Waals surface area contributed by atoms with E-state index in [4.69, 9.17) is 4.74 Å². The number of amides is 2. The van der Waals surface area contributed by atoms with Crippen molar-refractivity contribution in [2.75, 3.05) is 50.7 Å². The molecule has 1 unspecified atom stereocenters. The molecule has 7 nitrogen and oxygen atoms in total. The second-order valence-electron chi connectivity index (χ2n) is 9.68.